The molecule has 0 bridgehead atoms. The van der Waals surface area contributed by atoms with E-state index in [1.54, 1.807) is 12.1 Å². The molecule has 0 saturated carbocycles. The Morgan fingerprint density at radius 3 is 2.45 bits per heavy atom. The Morgan fingerprint density at radius 1 is 0.979 bits per heavy atom. The first-order valence-electron chi connectivity index (χ1n) is 14.8. The number of nitrogens with one attached hydrogen (secondary N) is 1. The highest BCUT2D eigenvalue weighted by molar-refractivity contribution is 7.89. The molecule has 0 aliphatic carbocycles. The van der Waals surface area contributed by atoms with E-state index < -0.39 is 27.7 Å². The molecule has 1 atom stereocenters. The zero-order valence-electron chi connectivity index (χ0n) is 25.5. The highest BCUT2D eigenvalue weighted by atomic mass is 32.2. The van der Waals surface area contributed by atoms with Gasteiger partial charge in [-0.15, -0.1) is 11.3 Å². The van der Waals surface area contributed by atoms with Crippen molar-refractivity contribution in [1.82, 2.24) is 24.4 Å². The number of hydrogen-bond acceptors (Lipinski definition) is 8. The molecule has 240 valence electrons. The van der Waals surface area contributed by atoms with Crippen molar-refractivity contribution >= 4 is 44.0 Å². The van der Waals surface area contributed by atoms with Crippen molar-refractivity contribution in [3.63, 3.8) is 0 Å². The second-order valence-electron chi connectivity index (χ2n) is 11.2. The van der Waals surface area contributed by atoms with Gasteiger partial charge in [0.15, 0.2) is 16.8 Å². The van der Waals surface area contributed by atoms with Crippen molar-refractivity contribution in [2.45, 2.75) is 44.0 Å². The van der Waals surface area contributed by atoms with Crippen LogP contribution in [-0.2, 0) is 14.8 Å². The first-order chi connectivity index (χ1) is 22.6. The number of amides is 1. The van der Waals surface area contributed by atoms with Crippen LogP contribution >= 0.6 is 11.3 Å². The van der Waals surface area contributed by atoms with Crippen molar-refractivity contribution < 1.29 is 26.5 Å². The van der Waals surface area contributed by atoms with E-state index in [9.17, 15) is 22.0 Å². The lowest BCUT2D eigenvalue weighted by molar-refractivity contribution is -0.120. The van der Waals surface area contributed by atoms with E-state index in [0.717, 1.165) is 34.5 Å². The summed E-state index contributed by atoms with van der Waals surface area (Å²) in [6, 6.07) is 15.1. The standard InChI is InChI=1S/C33H28F2N6O4S2/c1-18-31(19(2)45-39-18)21-9-14-28-26(15-21)37-32(29-5-4-6-30(42)40(29)22-10-13-24(34)25(35)16-22)41(28)33-38-27(17-46-33)20-7-11-23(12-8-20)47(43,44)36-3/h7-17,29,36H,4-6H2,1-3H3/t29-/m0/s1. The first kappa shape index (κ1) is 30.8. The molecular formula is C33H28F2N6O4S2. The molecule has 0 unspecified atom stereocenters. The molecule has 3 aromatic carbocycles. The van der Waals surface area contributed by atoms with Crippen LogP contribution in [0.4, 0.5) is 14.5 Å². The summed E-state index contributed by atoms with van der Waals surface area (Å²) in [4.78, 5) is 25.0. The van der Waals surface area contributed by atoms with Gasteiger partial charge in [0.2, 0.25) is 15.9 Å². The molecule has 1 fully saturated rings. The first-order valence-corrected chi connectivity index (χ1v) is 17.1. The van der Waals surface area contributed by atoms with Crippen LogP contribution in [0.15, 0.2) is 75.5 Å². The monoisotopic (exact) mass is 674 g/mol. The number of benzene rings is 3. The average Bonchev–Trinajstić information content (AvgIpc) is 3.78. The minimum absolute atomic E-state index is 0.135. The zero-order chi connectivity index (χ0) is 33.0. The van der Waals surface area contributed by atoms with Gasteiger partial charge < -0.3 is 9.42 Å². The van der Waals surface area contributed by atoms with E-state index >= 15 is 0 Å². The molecule has 0 spiro atoms. The van der Waals surface area contributed by atoms with Crippen molar-refractivity contribution in [2.24, 2.45) is 0 Å². The smallest absolute Gasteiger partial charge is 0.240 e. The molecule has 1 amide bonds. The highest BCUT2D eigenvalue weighted by Crippen LogP contribution is 2.40. The fraction of sp³-hybridized carbons (Fsp3) is 0.212. The molecule has 1 saturated heterocycles. The third kappa shape index (κ3) is 5.41. The quantitative estimate of drug-likeness (QED) is 0.196. The van der Waals surface area contributed by atoms with Crippen LogP contribution in [0.2, 0.25) is 0 Å². The second kappa shape index (κ2) is 11.8. The minimum Gasteiger partial charge on any atom is -0.361 e. The van der Waals surface area contributed by atoms with E-state index in [0.29, 0.717) is 46.3 Å². The Labute approximate surface area is 272 Å². The van der Waals surface area contributed by atoms with E-state index in [-0.39, 0.29) is 22.9 Å². The molecule has 4 heterocycles. The number of imidazole rings is 1. The Balaban J connectivity index is 1.39. The van der Waals surface area contributed by atoms with Crippen molar-refractivity contribution in [3.8, 4) is 27.5 Å². The fourth-order valence-corrected chi connectivity index (χ4v) is 7.65. The van der Waals surface area contributed by atoms with Crippen LogP contribution in [0.3, 0.4) is 0 Å². The number of carbonyl (C=O) groups is 1. The number of thiazole rings is 1. The number of anilines is 1. The summed E-state index contributed by atoms with van der Waals surface area (Å²) in [5.41, 5.74) is 5.40. The number of rotatable bonds is 7. The van der Waals surface area contributed by atoms with Crippen molar-refractivity contribution in [2.75, 3.05) is 11.9 Å². The summed E-state index contributed by atoms with van der Waals surface area (Å²) < 4.78 is 62.4. The van der Waals surface area contributed by atoms with Crippen LogP contribution in [0, 0.1) is 25.5 Å². The number of sulfonamides is 1. The average molecular weight is 675 g/mol. The maximum absolute atomic E-state index is 14.4. The van der Waals surface area contributed by atoms with Gasteiger partial charge in [-0.05, 0) is 75.7 Å². The molecule has 10 nitrogen and oxygen atoms in total. The third-order valence-corrected chi connectivity index (χ3v) is 10.6. The largest absolute Gasteiger partial charge is 0.361 e. The molecule has 0 radical (unpaired) electrons. The van der Waals surface area contributed by atoms with Gasteiger partial charge in [-0.2, -0.15) is 0 Å². The number of fused-ring (bicyclic) bond motifs is 1. The summed E-state index contributed by atoms with van der Waals surface area (Å²) in [7, 11) is -2.24. The van der Waals surface area contributed by atoms with Crippen LogP contribution in [0.25, 0.3) is 38.5 Å². The van der Waals surface area contributed by atoms with E-state index in [1.165, 1.54) is 41.5 Å². The highest BCUT2D eigenvalue weighted by Gasteiger charge is 2.35. The molecule has 1 N–H and O–H groups in total. The zero-order valence-corrected chi connectivity index (χ0v) is 27.1. The van der Waals surface area contributed by atoms with Crippen LogP contribution in [-0.4, -0.2) is 41.1 Å². The van der Waals surface area contributed by atoms with Gasteiger partial charge in [-0.25, -0.2) is 31.9 Å². The number of nitrogens with zero attached hydrogens (tertiary/aromatic N) is 5. The summed E-state index contributed by atoms with van der Waals surface area (Å²) in [6.07, 6.45) is 1.37. The number of aryl methyl sites for hydroxylation is 2. The van der Waals surface area contributed by atoms with Gasteiger partial charge in [-0.3, -0.25) is 9.36 Å². The second-order valence-corrected chi connectivity index (χ2v) is 13.9. The van der Waals surface area contributed by atoms with Gasteiger partial charge in [0, 0.05) is 34.7 Å². The predicted molar refractivity (Wildman–Crippen MR) is 174 cm³/mol. The van der Waals surface area contributed by atoms with Gasteiger partial charge in [0.05, 0.1) is 33.4 Å². The van der Waals surface area contributed by atoms with Crippen LogP contribution < -0.4 is 9.62 Å². The number of aromatic nitrogens is 4. The molecule has 14 heteroatoms. The Bertz CT molecular complexity index is 2260. The maximum Gasteiger partial charge on any atom is 0.240 e. The van der Waals surface area contributed by atoms with Gasteiger partial charge in [0.25, 0.3) is 0 Å². The number of carbonyl (C=O) groups excluding carboxylic acids is 1. The lowest BCUT2D eigenvalue weighted by atomic mass is 9.99. The Hall–Kier alpha value is -4.79. The lowest BCUT2D eigenvalue weighted by Gasteiger charge is -2.35. The molecule has 7 rings (SSSR count). The Morgan fingerprint density at radius 2 is 1.74 bits per heavy atom. The van der Waals surface area contributed by atoms with E-state index in [2.05, 4.69) is 9.88 Å². The van der Waals surface area contributed by atoms with E-state index in [1.807, 2.05) is 42.0 Å². The number of hydrogen-bond donors (Lipinski definition) is 1. The maximum atomic E-state index is 14.4. The Kier molecular flexibility index (Phi) is 7.73. The molecular weight excluding hydrogens is 647 g/mol. The van der Waals surface area contributed by atoms with Crippen molar-refractivity contribution in [3.05, 3.63) is 95.0 Å². The normalized spacial score (nSPS) is 15.6. The van der Waals surface area contributed by atoms with Gasteiger partial charge in [0.1, 0.15) is 11.6 Å². The molecule has 1 aliphatic heterocycles. The number of piperidine rings is 1. The van der Waals surface area contributed by atoms with E-state index in [4.69, 9.17) is 14.5 Å². The molecule has 47 heavy (non-hydrogen) atoms. The summed E-state index contributed by atoms with van der Waals surface area (Å²) in [6.45, 7) is 3.71. The lowest BCUT2D eigenvalue weighted by Crippen LogP contribution is -2.39. The fourth-order valence-electron chi connectivity index (χ4n) is 6.07. The molecule has 6 aromatic rings. The summed E-state index contributed by atoms with van der Waals surface area (Å²) >= 11 is 1.36. The predicted octanol–water partition coefficient (Wildman–Crippen LogP) is 6.87. The number of halogens is 2. The summed E-state index contributed by atoms with van der Waals surface area (Å²) in [5, 5.41) is 6.52. The van der Waals surface area contributed by atoms with Crippen LogP contribution in [0.1, 0.15) is 42.6 Å². The van der Waals surface area contributed by atoms with Crippen LogP contribution in [0.5, 0.6) is 0 Å². The van der Waals surface area contributed by atoms with Crippen molar-refractivity contribution in [1.29, 1.82) is 0 Å². The summed E-state index contributed by atoms with van der Waals surface area (Å²) in [5.74, 6) is -1.08. The van der Waals surface area contributed by atoms with Gasteiger partial charge >= 0.3 is 0 Å². The molecule has 3 aromatic heterocycles. The molecule has 1 aliphatic rings. The minimum atomic E-state index is -3.60. The topological polar surface area (TPSA) is 123 Å². The van der Waals surface area contributed by atoms with Gasteiger partial charge in [-0.1, -0.05) is 23.4 Å². The SMILES string of the molecule is CNS(=O)(=O)c1ccc(-c2csc(-n3c([C@@H]4CCCC(=O)N4c4ccc(F)c(F)c4)nc4cc(-c5c(C)noc5C)ccc43)n2)cc1. The third-order valence-electron chi connectivity index (χ3n) is 8.34.